The minimum absolute atomic E-state index is 0.821. The molecular formula is C18H25ClSi2. The Hall–Kier alpha value is -0.836. The van der Waals surface area contributed by atoms with E-state index in [-0.39, 0.29) is 0 Å². The van der Waals surface area contributed by atoms with Crippen LogP contribution in [0, 0.1) is 0 Å². The van der Waals surface area contributed by atoms with Crippen molar-refractivity contribution < 1.29 is 0 Å². The first-order chi connectivity index (χ1) is 9.84. The van der Waals surface area contributed by atoms with Gasteiger partial charge in [-0.3, -0.25) is 0 Å². The van der Waals surface area contributed by atoms with Crippen LogP contribution in [0.1, 0.15) is 0 Å². The van der Waals surface area contributed by atoms with Gasteiger partial charge in [0.2, 0.25) is 0 Å². The summed E-state index contributed by atoms with van der Waals surface area (Å²) in [7, 11) is -2.63. The van der Waals surface area contributed by atoms with Crippen LogP contribution in [0.5, 0.6) is 0 Å². The standard InChI is InChI=1S/C18H25ClSi2/c1-20(2,3)15-21(4,14-19)18-12-10-17(11-13-18)16-8-6-5-7-9-16/h5-13H,14-15H2,1-4H3. The van der Waals surface area contributed by atoms with Gasteiger partial charge >= 0.3 is 0 Å². The Kier molecular flexibility index (Phi) is 5.13. The van der Waals surface area contributed by atoms with Crippen LogP contribution in [0.3, 0.4) is 0 Å². The number of hydrogen-bond donors (Lipinski definition) is 0. The summed E-state index contributed by atoms with van der Waals surface area (Å²) >= 11 is 6.39. The SMILES string of the molecule is C[Si](C)(C)C[Si](C)(CCl)c1ccc(-c2ccccc2)cc1. The second kappa shape index (κ2) is 6.51. The van der Waals surface area contributed by atoms with Gasteiger partial charge in [0.25, 0.3) is 0 Å². The van der Waals surface area contributed by atoms with Gasteiger partial charge in [0.1, 0.15) is 0 Å². The zero-order valence-corrected chi connectivity index (χ0v) is 16.2. The number of benzene rings is 2. The van der Waals surface area contributed by atoms with Gasteiger partial charge in [0.05, 0.1) is 8.07 Å². The fourth-order valence-electron chi connectivity index (χ4n) is 3.09. The fraction of sp³-hybridized carbons (Fsp3) is 0.333. The molecule has 0 saturated heterocycles. The summed E-state index contributed by atoms with van der Waals surface area (Å²) in [5, 5.41) is 1.50. The van der Waals surface area contributed by atoms with Gasteiger partial charge in [0.15, 0.2) is 0 Å². The average molecular weight is 333 g/mol. The largest absolute Gasteiger partial charge is 0.130 e. The molecule has 2 aromatic carbocycles. The maximum Gasteiger partial charge on any atom is 0.0964 e. The van der Waals surface area contributed by atoms with E-state index < -0.39 is 16.1 Å². The van der Waals surface area contributed by atoms with Gasteiger partial charge in [-0.25, -0.2) is 0 Å². The molecule has 0 saturated carbocycles. The predicted molar refractivity (Wildman–Crippen MR) is 102 cm³/mol. The topological polar surface area (TPSA) is 0 Å². The molecule has 0 nitrogen and oxygen atoms in total. The normalized spacial score (nSPS) is 14.7. The van der Waals surface area contributed by atoms with E-state index in [4.69, 9.17) is 11.6 Å². The molecule has 0 aliphatic heterocycles. The second-order valence-corrected chi connectivity index (χ2v) is 18.7. The monoisotopic (exact) mass is 332 g/mol. The highest BCUT2D eigenvalue weighted by atomic mass is 35.5. The molecule has 2 rings (SSSR count). The van der Waals surface area contributed by atoms with Crippen molar-refractivity contribution in [2.45, 2.75) is 31.9 Å². The van der Waals surface area contributed by atoms with Crippen LogP contribution in [-0.2, 0) is 0 Å². The Morgan fingerprint density at radius 1 is 0.762 bits per heavy atom. The molecule has 0 bridgehead atoms. The Morgan fingerprint density at radius 3 is 1.76 bits per heavy atom. The summed E-state index contributed by atoms with van der Waals surface area (Å²) in [6.45, 7) is 9.78. The Bertz CT molecular complexity index is 572. The summed E-state index contributed by atoms with van der Waals surface area (Å²) < 4.78 is 0. The van der Waals surface area contributed by atoms with E-state index in [1.165, 1.54) is 22.0 Å². The van der Waals surface area contributed by atoms with Gasteiger partial charge in [-0.05, 0) is 11.1 Å². The Balaban J connectivity index is 2.29. The molecule has 1 atom stereocenters. The third kappa shape index (κ3) is 4.32. The van der Waals surface area contributed by atoms with Crippen molar-refractivity contribution in [3.8, 4) is 11.1 Å². The van der Waals surface area contributed by atoms with Crippen LogP contribution in [0.2, 0.25) is 31.9 Å². The fourth-order valence-corrected chi connectivity index (χ4v) is 16.1. The van der Waals surface area contributed by atoms with Crippen LogP contribution >= 0.6 is 11.6 Å². The highest BCUT2D eigenvalue weighted by Gasteiger charge is 2.34. The smallest absolute Gasteiger partial charge is 0.0964 e. The van der Waals surface area contributed by atoms with Crippen molar-refractivity contribution >= 4 is 32.9 Å². The van der Waals surface area contributed by atoms with Crippen molar-refractivity contribution in [3.63, 3.8) is 0 Å². The van der Waals surface area contributed by atoms with Gasteiger partial charge in [-0.1, -0.05) is 91.6 Å². The maximum absolute atomic E-state index is 6.39. The lowest BCUT2D eigenvalue weighted by Gasteiger charge is -2.32. The molecule has 0 N–H and O–H groups in total. The molecule has 112 valence electrons. The van der Waals surface area contributed by atoms with Crippen LogP contribution in [0.15, 0.2) is 54.6 Å². The Morgan fingerprint density at radius 2 is 1.29 bits per heavy atom. The molecule has 0 fully saturated rings. The zero-order chi connectivity index (χ0) is 15.5. The quantitative estimate of drug-likeness (QED) is 0.515. The van der Waals surface area contributed by atoms with Crippen LogP contribution < -0.4 is 5.19 Å². The van der Waals surface area contributed by atoms with Gasteiger partial charge in [-0.2, -0.15) is 0 Å². The summed E-state index contributed by atoms with van der Waals surface area (Å²) in [5.74, 6) is 0. The molecule has 0 aromatic heterocycles. The number of alkyl halides is 1. The van der Waals surface area contributed by atoms with E-state index in [9.17, 15) is 0 Å². The summed E-state index contributed by atoms with van der Waals surface area (Å²) in [6.07, 6.45) is 0. The first kappa shape index (κ1) is 16.5. The van der Waals surface area contributed by atoms with Gasteiger partial charge in [-0.15, -0.1) is 11.6 Å². The van der Waals surface area contributed by atoms with E-state index in [2.05, 4.69) is 80.8 Å². The number of hydrogen-bond acceptors (Lipinski definition) is 0. The lowest BCUT2D eigenvalue weighted by atomic mass is 10.1. The van der Waals surface area contributed by atoms with Crippen molar-refractivity contribution in [2.75, 3.05) is 5.50 Å². The van der Waals surface area contributed by atoms with Crippen molar-refractivity contribution in [1.82, 2.24) is 0 Å². The lowest BCUT2D eigenvalue weighted by Crippen LogP contribution is -2.52. The molecule has 1 unspecified atom stereocenters. The lowest BCUT2D eigenvalue weighted by molar-refractivity contribution is 1.52. The molecule has 0 aliphatic rings. The third-order valence-electron chi connectivity index (χ3n) is 3.90. The highest BCUT2D eigenvalue weighted by Crippen LogP contribution is 2.23. The highest BCUT2D eigenvalue weighted by molar-refractivity contribution is 7.04. The molecule has 2 aromatic rings. The molecule has 0 spiro atoms. The van der Waals surface area contributed by atoms with Gasteiger partial charge < -0.3 is 0 Å². The molecule has 0 radical (unpaired) electrons. The zero-order valence-electron chi connectivity index (χ0n) is 13.5. The summed E-state index contributed by atoms with van der Waals surface area (Å²) in [5.41, 5.74) is 4.75. The predicted octanol–water partition coefficient (Wildman–Crippen LogP) is 5.29. The minimum Gasteiger partial charge on any atom is -0.130 e. The van der Waals surface area contributed by atoms with E-state index in [0.29, 0.717) is 0 Å². The molecule has 3 heteroatoms. The molecular weight excluding hydrogens is 308 g/mol. The average Bonchev–Trinajstić information content (AvgIpc) is 2.46. The first-order valence-corrected chi connectivity index (χ1v) is 14.7. The van der Waals surface area contributed by atoms with Crippen molar-refractivity contribution in [3.05, 3.63) is 54.6 Å². The maximum atomic E-state index is 6.39. The van der Waals surface area contributed by atoms with E-state index in [1.54, 1.807) is 0 Å². The van der Waals surface area contributed by atoms with Gasteiger partial charge in [0, 0.05) is 13.6 Å². The Labute approximate surface area is 136 Å². The molecule has 0 amide bonds. The molecule has 21 heavy (non-hydrogen) atoms. The van der Waals surface area contributed by atoms with E-state index >= 15 is 0 Å². The number of rotatable bonds is 5. The van der Waals surface area contributed by atoms with Crippen LogP contribution in [-0.4, -0.2) is 21.7 Å². The van der Waals surface area contributed by atoms with Crippen molar-refractivity contribution in [1.29, 1.82) is 0 Å². The number of halogens is 1. The second-order valence-electron chi connectivity index (χ2n) is 7.38. The molecule has 0 aliphatic carbocycles. The minimum atomic E-state index is -1.53. The van der Waals surface area contributed by atoms with E-state index in [1.807, 2.05) is 0 Å². The first-order valence-electron chi connectivity index (χ1n) is 7.56. The summed E-state index contributed by atoms with van der Waals surface area (Å²) in [4.78, 5) is 0. The summed E-state index contributed by atoms with van der Waals surface area (Å²) in [6, 6.07) is 19.7. The molecule has 0 heterocycles. The van der Waals surface area contributed by atoms with Crippen molar-refractivity contribution in [2.24, 2.45) is 0 Å². The van der Waals surface area contributed by atoms with E-state index in [0.717, 1.165) is 5.50 Å². The third-order valence-corrected chi connectivity index (χ3v) is 15.4. The van der Waals surface area contributed by atoms with Crippen LogP contribution in [0.4, 0.5) is 0 Å². The van der Waals surface area contributed by atoms with Crippen LogP contribution in [0.25, 0.3) is 11.1 Å².